The van der Waals surface area contributed by atoms with Crippen molar-refractivity contribution in [3.05, 3.63) is 23.8 Å². The molecule has 0 aromatic heterocycles. The van der Waals surface area contributed by atoms with Gasteiger partial charge in [-0.05, 0) is 43.1 Å². The first-order valence-electron chi connectivity index (χ1n) is 6.99. The Bertz CT molecular complexity index is 287. The fourth-order valence-electron chi connectivity index (χ4n) is 2.75. The minimum atomic E-state index is -0.0907. The molecule has 1 atom stereocenters. The van der Waals surface area contributed by atoms with Crippen LogP contribution in [0.5, 0.6) is 0 Å². The minimum absolute atomic E-state index is 0.0907. The summed E-state index contributed by atoms with van der Waals surface area (Å²) in [6.45, 7) is 8.82. The molecule has 1 aliphatic carbocycles. The Hall–Kier alpha value is -0.600. The highest BCUT2D eigenvalue weighted by Gasteiger charge is 2.19. The van der Waals surface area contributed by atoms with Crippen molar-refractivity contribution in [3.63, 3.8) is 0 Å². The molecule has 0 heterocycles. The van der Waals surface area contributed by atoms with E-state index in [-0.39, 0.29) is 6.29 Å². The summed E-state index contributed by atoms with van der Waals surface area (Å²) in [5.74, 6) is 1.58. The summed E-state index contributed by atoms with van der Waals surface area (Å²) >= 11 is 0. The van der Waals surface area contributed by atoms with Gasteiger partial charge < -0.3 is 9.47 Å². The lowest BCUT2D eigenvalue weighted by atomic mass is 9.80. The predicted molar refractivity (Wildman–Crippen MR) is 76.4 cm³/mol. The molecule has 0 amide bonds. The quantitative estimate of drug-likeness (QED) is 0.628. The van der Waals surface area contributed by atoms with Crippen LogP contribution in [0, 0.1) is 11.8 Å². The van der Waals surface area contributed by atoms with E-state index in [1.54, 1.807) is 14.2 Å². The van der Waals surface area contributed by atoms with Crippen molar-refractivity contribution in [2.75, 3.05) is 14.2 Å². The number of hydrogen-bond donors (Lipinski definition) is 0. The molecule has 1 aliphatic rings. The number of rotatable bonds is 7. The molecule has 1 unspecified atom stereocenters. The van der Waals surface area contributed by atoms with E-state index in [4.69, 9.17) is 9.47 Å². The van der Waals surface area contributed by atoms with Gasteiger partial charge in [-0.3, -0.25) is 0 Å². The van der Waals surface area contributed by atoms with E-state index in [1.165, 1.54) is 24.0 Å². The lowest BCUT2D eigenvalue weighted by Crippen LogP contribution is -2.15. The lowest BCUT2D eigenvalue weighted by Gasteiger charge is -2.26. The molecule has 0 saturated heterocycles. The smallest absolute Gasteiger partial charge is 0.157 e. The van der Waals surface area contributed by atoms with Gasteiger partial charge in [0.2, 0.25) is 0 Å². The van der Waals surface area contributed by atoms with Crippen molar-refractivity contribution in [1.82, 2.24) is 0 Å². The van der Waals surface area contributed by atoms with Crippen LogP contribution in [-0.4, -0.2) is 20.5 Å². The lowest BCUT2D eigenvalue weighted by molar-refractivity contribution is -0.105. The topological polar surface area (TPSA) is 18.5 Å². The fourth-order valence-corrected chi connectivity index (χ4v) is 2.75. The molecule has 0 N–H and O–H groups in total. The standard InChI is InChI=1S/C16H28O2/c1-12(2)10-14-6-7-15(13(3)11-14)8-9-16(17-4)18-5/h7,12,14,16H,3,6,8-11H2,1-2,4-5H3. The summed E-state index contributed by atoms with van der Waals surface area (Å²) in [5.41, 5.74) is 2.73. The molecular formula is C16H28O2. The summed E-state index contributed by atoms with van der Waals surface area (Å²) in [6.07, 6.45) is 7.88. The molecule has 2 nitrogen and oxygen atoms in total. The molecule has 0 aromatic carbocycles. The second-order valence-electron chi connectivity index (χ2n) is 5.71. The van der Waals surface area contributed by atoms with Crippen LogP contribution in [0.2, 0.25) is 0 Å². The van der Waals surface area contributed by atoms with Crippen molar-refractivity contribution in [2.45, 2.75) is 52.2 Å². The average molecular weight is 252 g/mol. The maximum Gasteiger partial charge on any atom is 0.157 e. The fraction of sp³-hybridized carbons (Fsp3) is 0.750. The van der Waals surface area contributed by atoms with E-state index < -0.39 is 0 Å². The summed E-state index contributed by atoms with van der Waals surface area (Å²) in [5, 5.41) is 0. The highest BCUT2D eigenvalue weighted by atomic mass is 16.7. The number of methoxy groups -OCH3 is 2. The average Bonchev–Trinajstić information content (AvgIpc) is 2.32. The molecule has 104 valence electrons. The van der Waals surface area contributed by atoms with Crippen molar-refractivity contribution in [2.24, 2.45) is 11.8 Å². The Kier molecular flexibility index (Phi) is 6.66. The second-order valence-corrected chi connectivity index (χ2v) is 5.71. The van der Waals surface area contributed by atoms with Crippen LogP contribution in [0.4, 0.5) is 0 Å². The van der Waals surface area contributed by atoms with Crippen molar-refractivity contribution in [3.8, 4) is 0 Å². The Morgan fingerprint density at radius 1 is 1.33 bits per heavy atom. The molecule has 18 heavy (non-hydrogen) atoms. The Labute approximate surface area is 112 Å². The van der Waals surface area contributed by atoms with Gasteiger partial charge >= 0.3 is 0 Å². The van der Waals surface area contributed by atoms with E-state index >= 15 is 0 Å². The first kappa shape index (κ1) is 15.5. The SMILES string of the molecule is C=C1CC(CC(C)C)CC=C1CCC(OC)OC. The Balaban J connectivity index is 2.43. The van der Waals surface area contributed by atoms with Crippen molar-refractivity contribution >= 4 is 0 Å². The molecule has 0 bridgehead atoms. The maximum absolute atomic E-state index is 5.22. The molecular weight excluding hydrogens is 224 g/mol. The summed E-state index contributed by atoms with van der Waals surface area (Å²) < 4.78 is 10.4. The predicted octanol–water partition coefficient (Wildman–Crippen LogP) is 4.32. The Morgan fingerprint density at radius 2 is 2.00 bits per heavy atom. The van der Waals surface area contributed by atoms with Gasteiger partial charge in [0.1, 0.15) is 0 Å². The van der Waals surface area contributed by atoms with E-state index in [2.05, 4.69) is 26.5 Å². The van der Waals surface area contributed by atoms with Gasteiger partial charge in [-0.2, -0.15) is 0 Å². The van der Waals surface area contributed by atoms with E-state index in [9.17, 15) is 0 Å². The molecule has 0 aliphatic heterocycles. The minimum Gasteiger partial charge on any atom is -0.356 e. The van der Waals surface area contributed by atoms with Crippen LogP contribution in [0.1, 0.15) is 46.0 Å². The number of hydrogen-bond acceptors (Lipinski definition) is 2. The molecule has 0 aromatic rings. The van der Waals surface area contributed by atoms with Gasteiger partial charge in [-0.15, -0.1) is 0 Å². The third-order valence-corrected chi connectivity index (χ3v) is 3.67. The summed E-state index contributed by atoms with van der Waals surface area (Å²) in [6, 6.07) is 0. The number of ether oxygens (including phenoxy) is 2. The van der Waals surface area contributed by atoms with Crippen molar-refractivity contribution in [1.29, 1.82) is 0 Å². The third-order valence-electron chi connectivity index (χ3n) is 3.67. The van der Waals surface area contributed by atoms with Crippen LogP contribution in [0.15, 0.2) is 23.8 Å². The Morgan fingerprint density at radius 3 is 2.50 bits per heavy atom. The second kappa shape index (κ2) is 7.75. The monoisotopic (exact) mass is 252 g/mol. The third kappa shape index (κ3) is 4.95. The normalized spacial score (nSPS) is 20.7. The summed E-state index contributed by atoms with van der Waals surface area (Å²) in [7, 11) is 3.38. The van der Waals surface area contributed by atoms with E-state index in [1.807, 2.05) is 0 Å². The first-order valence-corrected chi connectivity index (χ1v) is 6.99. The van der Waals surface area contributed by atoms with Gasteiger partial charge in [0, 0.05) is 20.6 Å². The van der Waals surface area contributed by atoms with Gasteiger partial charge in [0.25, 0.3) is 0 Å². The highest BCUT2D eigenvalue weighted by Crippen LogP contribution is 2.33. The zero-order valence-corrected chi connectivity index (χ0v) is 12.4. The van der Waals surface area contributed by atoms with Gasteiger partial charge in [0.05, 0.1) is 0 Å². The zero-order valence-electron chi connectivity index (χ0n) is 12.4. The van der Waals surface area contributed by atoms with Crippen LogP contribution in [0.25, 0.3) is 0 Å². The highest BCUT2D eigenvalue weighted by molar-refractivity contribution is 5.31. The molecule has 2 heteroatoms. The van der Waals surface area contributed by atoms with Gasteiger partial charge in [-0.25, -0.2) is 0 Å². The van der Waals surface area contributed by atoms with Crippen molar-refractivity contribution < 1.29 is 9.47 Å². The van der Waals surface area contributed by atoms with Crippen LogP contribution in [0.3, 0.4) is 0 Å². The first-order chi connectivity index (χ1) is 8.56. The van der Waals surface area contributed by atoms with E-state index in [0.717, 1.165) is 31.1 Å². The number of allylic oxidation sites excluding steroid dienone is 3. The van der Waals surface area contributed by atoms with Crippen LogP contribution < -0.4 is 0 Å². The van der Waals surface area contributed by atoms with E-state index in [0.29, 0.717) is 0 Å². The van der Waals surface area contributed by atoms with Gasteiger partial charge in [0.15, 0.2) is 6.29 Å². The molecule has 0 spiro atoms. The molecule has 0 fully saturated rings. The van der Waals surface area contributed by atoms with Crippen LogP contribution in [-0.2, 0) is 9.47 Å². The maximum atomic E-state index is 5.22. The molecule has 0 radical (unpaired) electrons. The largest absolute Gasteiger partial charge is 0.356 e. The molecule has 0 saturated carbocycles. The summed E-state index contributed by atoms with van der Waals surface area (Å²) in [4.78, 5) is 0. The van der Waals surface area contributed by atoms with Gasteiger partial charge in [-0.1, -0.05) is 32.1 Å². The molecule has 1 rings (SSSR count). The van der Waals surface area contributed by atoms with Crippen LogP contribution >= 0.6 is 0 Å². The zero-order chi connectivity index (χ0) is 13.5.